The quantitative estimate of drug-likeness (QED) is 0.655. The Morgan fingerprint density at radius 1 is 1.12 bits per heavy atom. The third-order valence-electron chi connectivity index (χ3n) is 3.42. The van der Waals surface area contributed by atoms with E-state index in [0.29, 0.717) is 17.9 Å². The molecule has 2 aromatic rings. The molecular weight excluding hydrogens is 304 g/mol. The molecule has 0 bridgehead atoms. The van der Waals surface area contributed by atoms with Gasteiger partial charge in [-0.3, -0.25) is 4.79 Å². The minimum Gasteiger partial charge on any atom is -0.497 e. The average Bonchev–Trinajstić information content (AvgIpc) is 2.64. The Bertz CT molecular complexity index is 774. The number of nitrogens with zero attached hydrogens (tertiary/aromatic N) is 1. The molecule has 2 aromatic carbocycles. The number of carbonyl (C=O) groups is 1. The smallest absolute Gasteiger partial charge is 0.262 e. The lowest BCUT2D eigenvalue weighted by atomic mass is 10.1. The summed E-state index contributed by atoms with van der Waals surface area (Å²) in [7, 11) is 3.14. The van der Waals surface area contributed by atoms with E-state index in [0.717, 1.165) is 11.3 Å². The first-order valence-corrected chi connectivity index (χ1v) is 7.34. The topological polar surface area (TPSA) is 71.3 Å². The van der Waals surface area contributed by atoms with E-state index in [1.807, 2.05) is 42.5 Å². The predicted octanol–water partition coefficient (Wildman–Crippen LogP) is 2.93. The Kier molecular flexibility index (Phi) is 5.98. The van der Waals surface area contributed by atoms with Gasteiger partial charge < -0.3 is 14.8 Å². The molecule has 0 heterocycles. The summed E-state index contributed by atoms with van der Waals surface area (Å²) in [6.45, 7) is 0.327. The maximum atomic E-state index is 12.2. The van der Waals surface area contributed by atoms with E-state index in [2.05, 4.69) is 5.32 Å². The van der Waals surface area contributed by atoms with Crippen molar-refractivity contribution in [2.24, 2.45) is 0 Å². The van der Waals surface area contributed by atoms with Gasteiger partial charge in [0, 0.05) is 12.1 Å². The maximum absolute atomic E-state index is 12.2. The van der Waals surface area contributed by atoms with Crippen molar-refractivity contribution < 1.29 is 14.3 Å². The standard InChI is InChI=1S/C19H18N2O3/c1-23-17-9-7-14(8-10-17)13-21-19(22)16(12-20)11-15-5-3-4-6-18(15)24-2/h3-11H,13H2,1-2H3,(H,21,22)/b16-11-. The first kappa shape index (κ1) is 17.1. The third kappa shape index (κ3) is 4.37. The summed E-state index contributed by atoms with van der Waals surface area (Å²) in [6, 6.07) is 16.5. The van der Waals surface area contributed by atoms with Crippen LogP contribution in [0.25, 0.3) is 6.08 Å². The molecular formula is C19H18N2O3. The van der Waals surface area contributed by atoms with Gasteiger partial charge in [0.05, 0.1) is 14.2 Å². The van der Waals surface area contributed by atoms with Crippen LogP contribution in [0.5, 0.6) is 11.5 Å². The fourth-order valence-corrected chi connectivity index (χ4v) is 2.11. The first-order valence-electron chi connectivity index (χ1n) is 7.34. The van der Waals surface area contributed by atoms with E-state index in [9.17, 15) is 10.1 Å². The Labute approximate surface area is 141 Å². The van der Waals surface area contributed by atoms with Crippen LogP contribution in [0, 0.1) is 11.3 Å². The molecule has 0 aliphatic carbocycles. The summed E-state index contributed by atoms with van der Waals surface area (Å²) in [5.41, 5.74) is 1.61. The highest BCUT2D eigenvalue weighted by Gasteiger charge is 2.10. The largest absolute Gasteiger partial charge is 0.497 e. The molecule has 0 atom stereocenters. The van der Waals surface area contributed by atoms with Crippen LogP contribution in [0.15, 0.2) is 54.1 Å². The number of rotatable bonds is 6. The monoisotopic (exact) mass is 322 g/mol. The van der Waals surface area contributed by atoms with Crippen LogP contribution >= 0.6 is 0 Å². The van der Waals surface area contributed by atoms with Crippen molar-refractivity contribution in [1.29, 1.82) is 5.26 Å². The Balaban J connectivity index is 2.08. The highest BCUT2D eigenvalue weighted by molar-refractivity contribution is 6.01. The van der Waals surface area contributed by atoms with Crippen molar-refractivity contribution in [2.45, 2.75) is 6.54 Å². The lowest BCUT2D eigenvalue weighted by molar-refractivity contribution is -0.117. The van der Waals surface area contributed by atoms with E-state index in [1.54, 1.807) is 26.4 Å². The van der Waals surface area contributed by atoms with Gasteiger partial charge in [-0.1, -0.05) is 30.3 Å². The van der Waals surface area contributed by atoms with Crippen LogP contribution in [0.4, 0.5) is 0 Å². The second-order valence-corrected chi connectivity index (χ2v) is 4.94. The van der Waals surface area contributed by atoms with Crippen molar-refractivity contribution in [1.82, 2.24) is 5.32 Å². The zero-order valence-electron chi connectivity index (χ0n) is 13.6. The van der Waals surface area contributed by atoms with Crippen molar-refractivity contribution >= 4 is 12.0 Å². The van der Waals surface area contributed by atoms with E-state index in [1.165, 1.54) is 6.08 Å². The number of nitriles is 1. The number of methoxy groups -OCH3 is 2. The maximum Gasteiger partial charge on any atom is 0.262 e. The number of ether oxygens (including phenoxy) is 2. The summed E-state index contributed by atoms with van der Waals surface area (Å²) in [5, 5.41) is 12.0. The van der Waals surface area contributed by atoms with Crippen LogP contribution in [-0.2, 0) is 11.3 Å². The van der Waals surface area contributed by atoms with Gasteiger partial charge in [-0.05, 0) is 29.8 Å². The highest BCUT2D eigenvalue weighted by atomic mass is 16.5. The van der Waals surface area contributed by atoms with Gasteiger partial charge in [0.2, 0.25) is 0 Å². The van der Waals surface area contributed by atoms with Crippen molar-refractivity contribution in [3.05, 3.63) is 65.2 Å². The van der Waals surface area contributed by atoms with E-state index in [-0.39, 0.29) is 5.57 Å². The molecule has 0 saturated heterocycles. The molecule has 0 radical (unpaired) electrons. The summed E-state index contributed by atoms with van der Waals surface area (Å²) in [6.07, 6.45) is 1.52. The van der Waals surface area contributed by atoms with E-state index >= 15 is 0 Å². The van der Waals surface area contributed by atoms with Gasteiger partial charge in [-0.2, -0.15) is 5.26 Å². The van der Waals surface area contributed by atoms with Gasteiger partial charge >= 0.3 is 0 Å². The Morgan fingerprint density at radius 3 is 2.46 bits per heavy atom. The molecule has 0 fully saturated rings. The van der Waals surface area contributed by atoms with Gasteiger partial charge in [-0.15, -0.1) is 0 Å². The zero-order valence-corrected chi connectivity index (χ0v) is 13.6. The van der Waals surface area contributed by atoms with E-state index in [4.69, 9.17) is 9.47 Å². The predicted molar refractivity (Wildman–Crippen MR) is 91.4 cm³/mol. The van der Waals surface area contributed by atoms with Crippen LogP contribution in [0.1, 0.15) is 11.1 Å². The molecule has 1 N–H and O–H groups in total. The number of hydrogen-bond acceptors (Lipinski definition) is 4. The molecule has 24 heavy (non-hydrogen) atoms. The molecule has 1 amide bonds. The number of amides is 1. The van der Waals surface area contributed by atoms with Crippen LogP contribution in [-0.4, -0.2) is 20.1 Å². The summed E-state index contributed by atoms with van der Waals surface area (Å²) >= 11 is 0. The number of para-hydroxylation sites is 1. The SMILES string of the molecule is COc1ccc(CNC(=O)/C(C#N)=C\c2ccccc2OC)cc1. The third-order valence-corrected chi connectivity index (χ3v) is 3.42. The molecule has 2 rings (SSSR count). The van der Waals surface area contributed by atoms with Crippen LogP contribution < -0.4 is 14.8 Å². The highest BCUT2D eigenvalue weighted by Crippen LogP contribution is 2.20. The molecule has 122 valence electrons. The minimum atomic E-state index is -0.431. The molecule has 5 heteroatoms. The van der Waals surface area contributed by atoms with Crippen LogP contribution in [0.2, 0.25) is 0 Å². The Hall–Kier alpha value is -3.26. The Morgan fingerprint density at radius 2 is 1.83 bits per heavy atom. The minimum absolute atomic E-state index is 0.0213. The number of benzene rings is 2. The molecule has 0 unspecified atom stereocenters. The normalized spacial score (nSPS) is 10.6. The van der Waals surface area contributed by atoms with Crippen molar-refractivity contribution in [2.75, 3.05) is 14.2 Å². The van der Waals surface area contributed by atoms with E-state index < -0.39 is 5.91 Å². The second kappa shape index (κ2) is 8.39. The number of nitrogens with one attached hydrogen (secondary N) is 1. The average molecular weight is 322 g/mol. The van der Waals surface area contributed by atoms with Crippen LogP contribution in [0.3, 0.4) is 0 Å². The number of carbonyl (C=O) groups excluding carboxylic acids is 1. The second-order valence-electron chi connectivity index (χ2n) is 4.94. The molecule has 0 saturated carbocycles. The fraction of sp³-hybridized carbons (Fsp3) is 0.158. The fourth-order valence-electron chi connectivity index (χ4n) is 2.11. The van der Waals surface area contributed by atoms with Gasteiger partial charge in [0.1, 0.15) is 23.1 Å². The first-order chi connectivity index (χ1) is 11.7. The lowest BCUT2D eigenvalue weighted by Crippen LogP contribution is -2.23. The molecule has 5 nitrogen and oxygen atoms in total. The van der Waals surface area contributed by atoms with Gasteiger partial charge in [-0.25, -0.2) is 0 Å². The summed E-state index contributed by atoms with van der Waals surface area (Å²) in [4.78, 5) is 12.2. The van der Waals surface area contributed by atoms with Crippen molar-refractivity contribution in [3.8, 4) is 17.6 Å². The number of hydrogen-bond donors (Lipinski definition) is 1. The zero-order chi connectivity index (χ0) is 17.4. The lowest BCUT2D eigenvalue weighted by Gasteiger charge is -2.07. The van der Waals surface area contributed by atoms with Gasteiger partial charge in [0.25, 0.3) is 5.91 Å². The summed E-state index contributed by atoms with van der Waals surface area (Å²) < 4.78 is 10.3. The molecule has 0 aliphatic rings. The molecule has 0 aliphatic heterocycles. The van der Waals surface area contributed by atoms with Crippen molar-refractivity contribution in [3.63, 3.8) is 0 Å². The molecule has 0 spiro atoms. The summed E-state index contributed by atoms with van der Waals surface area (Å²) in [5.74, 6) is 0.922. The molecule has 0 aromatic heterocycles. The van der Waals surface area contributed by atoms with Gasteiger partial charge in [0.15, 0.2) is 0 Å².